The molecule has 0 bridgehead atoms. The number of imidazole rings is 1. The number of benzene rings is 1. The first-order valence-corrected chi connectivity index (χ1v) is 6.55. The van der Waals surface area contributed by atoms with Gasteiger partial charge in [-0.1, -0.05) is 13.0 Å². The normalized spacial score (nSPS) is 13.1. The first kappa shape index (κ1) is 13.1. The van der Waals surface area contributed by atoms with Gasteiger partial charge in [-0.2, -0.15) is 0 Å². The van der Waals surface area contributed by atoms with Gasteiger partial charge in [0.2, 0.25) is 0 Å². The second-order valence-electron chi connectivity index (χ2n) is 4.98. The van der Waals surface area contributed by atoms with E-state index in [0.717, 1.165) is 42.9 Å². The van der Waals surface area contributed by atoms with Crippen LogP contribution in [0.3, 0.4) is 0 Å². The van der Waals surface area contributed by atoms with Gasteiger partial charge in [-0.25, -0.2) is 4.98 Å². The van der Waals surface area contributed by atoms with Crippen LogP contribution in [0.1, 0.15) is 24.7 Å². The number of nitrogens with zero attached hydrogens (tertiary/aromatic N) is 1. The minimum absolute atomic E-state index is 0.593. The van der Waals surface area contributed by atoms with Crippen molar-refractivity contribution in [3.05, 3.63) is 29.6 Å². The highest BCUT2D eigenvalue weighted by molar-refractivity contribution is 5.75. The molecule has 18 heavy (non-hydrogen) atoms. The molecule has 0 spiro atoms. The van der Waals surface area contributed by atoms with E-state index in [4.69, 9.17) is 5.73 Å². The highest BCUT2D eigenvalue weighted by atomic mass is 14.9. The Labute approximate surface area is 108 Å². The van der Waals surface area contributed by atoms with Gasteiger partial charge in [-0.3, -0.25) is 0 Å². The minimum atomic E-state index is 0.593. The van der Waals surface area contributed by atoms with Crippen molar-refractivity contribution in [1.29, 1.82) is 0 Å². The summed E-state index contributed by atoms with van der Waals surface area (Å²) in [4.78, 5) is 7.66. The van der Waals surface area contributed by atoms with Crippen molar-refractivity contribution in [2.75, 3.05) is 13.1 Å². The lowest BCUT2D eigenvalue weighted by Crippen LogP contribution is -2.20. The van der Waals surface area contributed by atoms with Gasteiger partial charge in [0.25, 0.3) is 0 Å². The number of hydrogen-bond donors (Lipinski definition) is 3. The molecule has 4 nitrogen and oxygen atoms in total. The van der Waals surface area contributed by atoms with Gasteiger partial charge in [0.05, 0.1) is 11.0 Å². The molecule has 0 amide bonds. The maximum Gasteiger partial charge on any atom is 0.104 e. The van der Waals surface area contributed by atoms with Crippen LogP contribution in [0, 0.1) is 12.8 Å². The first-order valence-electron chi connectivity index (χ1n) is 6.55. The van der Waals surface area contributed by atoms with Crippen LogP contribution in [0.2, 0.25) is 0 Å². The molecular formula is C14H22N4. The van der Waals surface area contributed by atoms with Crippen LogP contribution < -0.4 is 11.1 Å². The molecule has 2 aromatic rings. The first-order chi connectivity index (χ1) is 8.69. The fourth-order valence-electron chi connectivity index (χ4n) is 1.99. The van der Waals surface area contributed by atoms with Crippen LogP contribution in [-0.2, 0) is 6.54 Å². The molecule has 1 atom stereocenters. The molecule has 0 saturated carbocycles. The van der Waals surface area contributed by atoms with Crippen LogP contribution in [0.15, 0.2) is 18.2 Å². The molecule has 1 unspecified atom stereocenters. The summed E-state index contributed by atoms with van der Waals surface area (Å²) in [5.74, 6) is 1.56. The Kier molecular flexibility index (Phi) is 4.33. The van der Waals surface area contributed by atoms with E-state index in [1.54, 1.807) is 0 Å². The van der Waals surface area contributed by atoms with Crippen LogP contribution >= 0.6 is 0 Å². The highest BCUT2D eigenvalue weighted by Crippen LogP contribution is 2.13. The quantitative estimate of drug-likeness (QED) is 0.682. The monoisotopic (exact) mass is 246 g/mol. The van der Waals surface area contributed by atoms with E-state index in [2.05, 4.69) is 40.4 Å². The Morgan fingerprint density at radius 2 is 2.28 bits per heavy atom. The van der Waals surface area contributed by atoms with Gasteiger partial charge in [-0.05, 0) is 50.0 Å². The largest absolute Gasteiger partial charge is 0.342 e. The van der Waals surface area contributed by atoms with E-state index in [0.29, 0.717) is 5.92 Å². The lowest BCUT2D eigenvalue weighted by molar-refractivity contribution is 0.509. The van der Waals surface area contributed by atoms with Crippen molar-refractivity contribution in [3.8, 4) is 0 Å². The summed E-state index contributed by atoms with van der Waals surface area (Å²) in [6.07, 6.45) is 1.13. The molecular weight excluding hydrogens is 224 g/mol. The van der Waals surface area contributed by atoms with E-state index in [-0.39, 0.29) is 0 Å². The number of fused-ring (bicyclic) bond motifs is 1. The average Bonchev–Trinajstić information content (AvgIpc) is 2.73. The Hall–Kier alpha value is -1.39. The standard InChI is InChI=1S/C14H22N4/c1-10(8-15)5-6-16-9-12-3-4-13-14(7-12)18-11(2)17-13/h3-4,7,10,16H,5-6,8-9,15H2,1-2H3,(H,17,18). The summed E-state index contributed by atoms with van der Waals surface area (Å²) < 4.78 is 0. The lowest BCUT2D eigenvalue weighted by atomic mass is 10.1. The molecule has 1 aromatic heterocycles. The van der Waals surface area contributed by atoms with Crippen molar-refractivity contribution < 1.29 is 0 Å². The fraction of sp³-hybridized carbons (Fsp3) is 0.500. The van der Waals surface area contributed by atoms with Gasteiger partial charge < -0.3 is 16.0 Å². The molecule has 4 N–H and O–H groups in total. The van der Waals surface area contributed by atoms with Gasteiger partial charge in [0.15, 0.2) is 0 Å². The molecule has 1 heterocycles. The topological polar surface area (TPSA) is 66.7 Å². The van der Waals surface area contributed by atoms with Gasteiger partial charge in [-0.15, -0.1) is 0 Å². The predicted octanol–water partition coefficient (Wildman–Crippen LogP) is 1.95. The van der Waals surface area contributed by atoms with E-state index >= 15 is 0 Å². The smallest absolute Gasteiger partial charge is 0.104 e. The van der Waals surface area contributed by atoms with E-state index in [1.807, 2.05) is 6.92 Å². The molecule has 0 aliphatic heterocycles. The molecule has 0 aliphatic rings. The molecule has 4 heteroatoms. The van der Waals surface area contributed by atoms with Crippen LogP contribution in [0.4, 0.5) is 0 Å². The van der Waals surface area contributed by atoms with E-state index in [9.17, 15) is 0 Å². The zero-order valence-corrected chi connectivity index (χ0v) is 11.2. The van der Waals surface area contributed by atoms with Gasteiger partial charge >= 0.3 is 0 Å². The molecule has 0 aliphatic carbocycles. The number of nitrogens with one attached hydrogen (secondary N) is 2. The predicted molar refractivity (Wildman–Crippen MR) is 75.4 cm³/mol. The van der Waals surface area contributed by atoms with Crippen LogP contribution in [-0.4, -0.2) is 23.1 Å². The number of aryl methyl sites for hydroxylation is 1. The zero-order valence-electron chi connectivity index (χ0n) is 11.2. The van der Waals surface area contributed by atoms with Crippen molar-refractivity contribution in [1.82, 2.24) is 15.3 Å². The second kappa shape index (κ2) is 5.98. The van der Waals surface area contributed by atoms with Crippen molar-refractivity contribution >= 4 is 11.0 Å². The average molecular weight is 246 g/mol. The molecule has 0 radical (unpaired) electrons. The summed E-state index contributed by atoms with van der Waals surface area (Å²) in [6.45, 7) is 6.83. The third-order valence-corrected chi connectivity index (χ3v) is 3.21. The number of rotatable bonds is 6. The molecule has 2 rings (SSSR count). The Balaban J connectivity index is 1.87. The highest BCUT2D eigenvalue weighted by Gasteiger charge is 2.01. The summed E-state index contributed by atoms with van der Waals surface area (Å²) in [5.41, 5.74) is 9.02. The van der Waals surface area contributed by atoms with Crippen molar-refractivity contribution in [2.45, 2.75) is 26.8 Å². The Morgan fingerprint density at radius 3 is 3.06 bits per heavy atom. The van der Waals surface area contributed by atoms with E-state index in [1.165, 1.54) is 5.56 Å². The van der Waals surface area contributed by atoms with Crippen LogP contribution in [0.25, 0.3) is 11.0 Å². The second-order valence-corrected chi connectivity index (χ2v) is 4.98. The molecule has 0 fully saturated rings. The maximum absolute atomic E-state index is 5.59. The third-order valence-electron chi connectivity index (χ3n) is 3.21. The van der Waals surface area contributed by atoms with Crippen LogP contribution in [0.5, 0.6) is 0 Å². The Morgan fingerprint density at radius 1 is 1.44 bits per heavy atom. The number of aromatic amines is 1. The fourth-order valence-corrected chi connectivity index (χ4v) is 1.99. The SMILES string of the molecule is Cc1nc2ccc(CNCCC(C)CN)cc2[nH]1. The van der Waals surface area contributed by atoms with Crippen molar-refractivity contribution in [3.63, 3.8) is 0 Å². The van der Waals surface area contributed by atoms with E-state index < -0.39 is 0 Å². The molecule has 0 saturated heterocycles. The Bertz CT molecular complexity index is 503. The van der Waals surface area contributed by atoms with Crippen molar-refractivity contribution in [2.24, 2.45) is 11.7 Å². The summed E-state index contributed by atoms with van der Waals surface area (Å²) in [6, 6.07) is 6.36. The number of nitrogens with two attached hydrogens (primary N) is 1. The zero-order chi connectivity index (χ0) is 13.0. The number of hydrogen-bond acceptors (Lipinski definition) is 3. The summed E-state index contributed by atoms with van der Waals surface area (Å²) in [5, 5.41) is 3.45. The summed E-state index contributed by atoms with van der Waals surface area (Å²) in [7, 11) is 0. The number of H-pyrrole nitrogens is 1. The summed E-state index contributed by atoms with van der Waals surface area (Å²) >= 11 is 0. The lowest BCUT2D eigenvalue weighted by Gasteiger charge is -2.09. The minimum Gasteiger partial charge on any atom is -0.342 e. The maximum atomic E-state index is 5.59. The third kappa shape index (κ3) is 3.31. The molecule has 98 valence electrons. The molecule has 1 aromatic carbocycles. The number of aromatic nitrogens is 2. The van der Waals surface area contributed by atoms with Gasteiger partial charge in [0, 0.05) is 6.54 Å². The van der Waals surface area contributed by atoms with Gasteiger partial charge in [0.1, 0.15) is 5.82 Å².